The van der Waals surface area contributed by atoms with Gasteiger partial charge in [0.05, 0.1) is 12.7 Å². The van der Waals surface area contributed by atoms with E-state index < -0.39 is 0 Å². The Morgan fingerprint density at radius 1 is 1.75 bits per heavy atom. The molecule has 0 radical (unpaired) electrons. The van der Waals surface area contributed by atoms with Gasteiger partial charge in [-0.2, -0.15) is 5.26 Å². The van der Waals surface area contributed by atoms with Gasteiger partial charge in [0.15, 0.2) is 0 Å². The highest BCUT2D eigenvalue weighted by Gasteiger charge is 2.14. The monoisotopic (exact) mass is 188 g/mol. The van der Waals surface area contributed by atoms with E-state index in [-0.39, 0.29) is 0 Å². The molecule has 1 heterocycles. The molecular weight excluding hydrogens is 172 g/mol. The van der Waals surface area contributed by atoms with Crippen molar-refractivity contribution in [2.45, 2.75) is 19.4 Å². The summed E-state index contributed by atoms with van der Waals surface area (Å²) in [5.41, 5.74) is 0. The molecule has 0 spiro atoms. The second-order valence-corrected chi connectivity index (χ2v) is 2.96. The maximum absolute atomic E-state index is 7.18. The summed E-state index contributed by atoms with van der Waals surface area (Å²) in [5.74, 6) is 0. The number of nitriles is 1. The summed E-state index contributed by atoms with van der Waals surface area (Å²) >= 11 is 3.09. The quantitative estimate of drug-likeness (QED) is 0.495. The predicted molar refractivity (Wildman–Crippen MR) is 52.1 cm³/mol. The van der Waals surface area contributed by atoms with Gasteiger partial charge in [-0.15, -0.1) is 0 Å². The SMILES string of the molecule is CCC1CN(C)CCO1.N#CS. The van der Waals surface area contributed by atoms with Gasteiger partial charge in [-0.3, -0.25) is 0 Å². The molecular formula is C8H16N2OS. The lowest BCUT2D eigenvalue weighted by molar-refractivity contribution is -0.0206. The summed E-state index contributed by atoms with van der Waals surface area (Å²) in [6.45, 7) is 5.28. The number of hydrogen-bond donors (Lipinski definition) is 1. The van der Waals surface area contributed by atoms with Crippen molar-refractivity contribution in [2.24, 2.45) is 0 Å². The van der Waals surface area contributed by atoms with Gasteiger partial charge >= 0.3 is 0 Å². The van der Waals surface area contributed by atoms with E-state index in [1.807, 2.05) is 0 Å². The maximum atomic E-state index is 7.18. The van der Waals surface area contributed by atoms with Crippen LogP contribution in [0.5, 0.6) is 0 Å². The Bertz CT molecular complexity index is 146. The molecule has 0 bridgehead atoms. The molecule has 1 unspecified atom stereocenters. The van der Waals surface area contributed by atoms with E-state index in [1.54, 1.807) is 0 Å². The van der Waals surface area contributed by atoms with E-state index in [9.17, 15) is 0 Å². The molecule has 0 amide bonds. The molecule has 1 aliphatic rings. The Balaban J connectivity index is 0.000000354. The number of ether oxygens (including phenoxy) is 1. The third-order valence-corrected chi connectivity index (χ3v) is 1.80. The van der Waals surface area contributed by atoms with Gasteiger partial charge in [-0.05, 0) is 13.5 Å². The molecule has 12 heavy (non-hydrogen) atoms. The predicted octanol–water partition coefficient (Wildman–Crippen LogP) is 1.12. The number of hydrogen-bond acceptors (Lipinski definition) is 4. The average Bonchev–Trinajstić information content (AvgIpc) is 2.06. The number of nitrogens with zero attached hydrogens (tertiary/aromatic N) is 2. The zero-order valence-corrected chi connectivity index (χ0v) is 8.55. The molecule has 1 rings (SSSR count). The number of likely N-dealkylation sites (N-methyl/N-ethyl adjacent to an activating group) is 1. The lowest BCUT2D eigenvalue weighted by Gasteiger charge is -2.29. The van der Waals surface area contributed by atoms with Gasteiger partial charge < -0.3 is 9.64 Å². The largest absolute Gasteiger partial charge is 0.376 e. The van der Waals surface area contributed by atoms with Gasteiger partial charge in [0.25, 0.3) is 0 Å². The van der Waals surface area contributed by atoms with Crippen molar-refractivity contribution in [3.8, 4) is 5.40 Å². The smallest absolute Gasteiger partial charge is 0.130 e. The Labute approximate surface area is 79.7 Å². The van der Waals surface area contributed by atoms with Crippen molar-refractivity contribution in [3.05, 3.63) is 0 Å². The van der Waals surface area contributed by atoms with E-state index in [2.05, 4.69) is 31.5 Å². The molecule has 0 N–H and O–H groups in total. The fourth-order valence-corrected chi connectivity index (χ4v) is 1.11. The van der Waals surface area contributed by atoms with E-state index in [0.29, 0.717) is 6.10 Å². The van der Waals surface area contributed by atoms with Crippen LogP contribution in [0.2, 0.25) is 0 Å². The van der Waals surface area contributed by atoms with E-state index in [1.165, 1.54) is 5.40 Å². The van der Waals surface area contributed by atoms with E-state index in [4.69, 9.17) is 10.00 Å². The molecule has 4 heteroatoms. The minimum Gasteiger partial charge on any atom is -0.376 e. The molecule has 0 aliphatic carbocycles. The zero-order valence-electron chi connectivity index (χ0n) is 7.66. The summed E-state index contributed by atoms with van der Waals surface area (Å²) in [4.78, 5) is 2.32. The summed E-state index contributed by atoms with van der Waals surface area (Å²) in [7, 11) is 2.14. The highest BCUT2D eigenvalue weighted by molar-refractivity contribution is 7.85. The van der Waals surface area contributed by atoms with Gasteiger partial charge in [-0.1, -0.05) is 19.6 Å². The van der Waals surface area contributed by atoms with Gasteiger partial charge in [0, 0.05) is 13.1 Å². The van der Waals surface area contributed by atoms with Crippen LogP contribution in [-0.4, -0.2) is 37.7 Å². The fourth-order valence-electron chi connectivity index (χ4n) is 1.11. The van der Waals surface area contributed by atoms with E-state index in [0.717, 1.165) is 26.1 Å². The minimum atomic E-state index is 0.490. The van der Waals surface area contributed by atoms with Crippen molar-refractivity contribution in [1.82, 2.24) is 4.90 Å². The zero-order chi connectivity index (χ0) is 9.40. The Kier molecular flexibility index (Phi) is 7.26. The summed E-state index contributed by atoms with van der Waals surface area (Å²) in [6.07, 6.45) is 1.63. The summed E-state index contributed by atoms with van der Waals surface area (Å²) in [5, 5.41) is 8.63. The molecule has 0 saturated carbocycles. The molecule has 0 aromatic rings. The molecule has 0 aromatic heterocycles. The lowest BCUT2D eigenvalue weighted by Crippen LogP contribution is -2.39. The molecule has 1 fully saturated rings. The van der Waals surface area contributed by atoms with Crippen molar-refractivity contribution in [2.75, 3.05) is 26.7 Å². The van der Waals surface area contributed by atoms with Crippen LogP contribution in [0, 0.1) is 10.7 Å². The van der Waals surface area contributed by atoms with Crippen LogP contribution in [0.1, 0.15) is 13.3 Å². The van der Waals surface area contributed by atoms with Crippen LogP contribution >= 0.6 is 12.6 Å². The van der Waals surface area contributed by atoms with Crippen LogP contribution in [0.4, 0.5) is 0 Å². The van der Waals surface area contributed by atoms with Crippen LogP contribution in [-0.2, 0) is 4.74 Å². The van der Waals surface area contributed by atoms with Gasteiger partial charge in [0.2, 0.25) is 0 Å². The molecule has 1 aliphatic heterocycles. The lowest BCUT2D eigenvalue weighted by atomic mass is 10.2. The first-order valence-electron chi connectivity index (χ1n) is 4.07. The summed E-state index contributed by atoms with van der Waals surface area (Å²) < 4.78 is 5.46. The Hall–Kier alpha value is -0.240. The molecule has 1 atom stereocenters. The highest BCUT2D eigenvalue weighted by Crippen LogP contribution is 2.04. The van der Waals surface area contributed by atoms with Crippen molar-refractivity contribution >= 4 is 12.6 Å². The average molecular weight is 188 g/mol. The molecule has 3 nitrogen and oxygen atoms in total. The number of thiol groups is 1. The van der Waals surface area contributed by atoms with Gasteiger partial charge in [-0.25, -0.2) is 0 Å². The van der Waals surface area contributed by atoms with Crippen LogP contribution in [0.15, 0.2) is 0 Å². The van der Waals surface area contributed by atoms with E-state index >= 15 is 0 Å². The first-order valence-corrected chi connectivity index (χ1v) is 4.52. The fraction of sp³-hybridized carbons (Fsp3) is 0.875. The molecule has 70 valence electrons. The second kappa shape index (κ2) is 7.41. The van der Waals surface area contributed by atoms with Crippen molar-refractivity contribution in [1.29, 1.82) is 5.26 Å². The van der Waals surface area contributed by atoms with Crippen LogP contribution in [0.25, 0.3) is 0 Å². The molecule has 0 aromatic carbocycles. The third kappa shape index (κ3) is 5.42. The topological polar surface area (TPSA) is 36.3 Å². The molecule has 1 saturated heterocycles. The third-order valence-electron chi connectivity index (χ3n) is 1.80. The summed E-state index contributed by atoms with van der Waals surface area (Å²) in [6, 6.07) is 0. The maximum Gasteiger partial charge on any atom is 0.130 e. The first kappa shape index (κ1) is 11.8. The highest BCUT2D eigenvalue weighted by atomic mass is 32.1. The Morgan fingerprint density at radius 3 is 2.67 bits per heavy atom. The number of rotatable bonds is 1. The van der Waals surface area contributed by atoms with Gasteiger partial charge in [0.1, 0.15) is 5.40 Å². The standard InChI is InChI=1S/C7H15NO.CHNS/c1-3-7-6-8(2)4-5-9-7;2-1-3/h7H,3-6H2,1-2H3;3H. The number of thiocyanates is 1. The Morgan fingerprint density at radius 2 is 2.33 bits per heavy atom. The number of morpholine rings is 1. The van der Waals surface area contributed by atoms with Crippen molar-refractivity contribution < 1.29 is 4.74 Å². The van der Waals surface area contributed by atoms with Crippen molar-refractivity contribution in [3.63, 3.8) is 0 Å². The first-order chi connectivity index (χ1) is 5.74. The normalized spacial score (nSPS) is 23.7. The van der Waals surface area contributed by atoms with Crippen LogP contribution in [0.3, 0.4) is 0 Å². The second-order valence-electron chi connectivity index (χ2n) is 2.76. The van der Waals surface area contributed by atoms with Crippen LogP contribution < -0.4 is 0 Å². The minimum absolute atomic E-state index is 0.490.